The first kappa shape index (κ1) is 22.7. The molecule has 1 fully saturated rings. The number of nitrogens with one attached hydrogen (secondary N) is 1. The highest BCUT2D eigenvalue weighted by Crippen LogP contribution is 2.43. The van der Waals surface area contributed by atoms with Gasteiger partial charge in [0.05, 0.1) is 17.6 Å². The first-order valence-electron chi connectivity index (χ1n) is 11.3. The van der Waals surface area contributed by atoms with Gasteiger partial charge in [0, 0.05) is 39.5 Å². The summed E-state index contributed by atoms with van der Waals surface area (Å²) < 4.78 is 2.02. The van der Waals surface area contributed by atoms with Crippen molar-refractivity contribution < 1.29 is 4.79 Å². The van der Waals surface area contributed by atoms with Crippen molar-refractivity contribution in [1.82, 2.24) is 14.4 Å². The van der Waals surface area contributed by atoms with Crippen LogP contribution in [0.3, 0.4) is 0 Å². The number of nitrogens with two attached hydrogens (primary N) is 1. The van der Waals surface area contributed by atoms with E-state index < -0.39 is 5.91 Å². The predicted octanol–water partition coefficient (Wildman–Crippen LogP) is 6.41. The van der Waals surface area contributed by atoms with Crippen LogP contribution in [-0.4, -0.2) is 26.8 Å². The summed E-state index contributed by atoms with van der Waals surface area (Å²) in [5.74, 6) is 1.11. The van der Waals surface area contributed by atoms with Crippen molar-refractivity contribution in [3.8, 4) is 22.5 Å². The average Bonchev–Trinajstić information content (AvgIpc) is 3.55. The van der Waals surface area contributed by atoms with Gasteiger partial charge in [0.2, 0.25) is 5.91 Å². The van der Waals surface area contributed by atoms with E-state index in [0.29, 0.717) is 33.3 Å². The Morgan fingerprint density at radius 1 is 1.15 bits per heavy atom. The molecular weight excluding hydrogens is 469 g/mol. The van der Waals surface area contributed by atoms with Gasteiger partial charge in [0.25, 0.3) is 0 Å². The van der Waals surface area contributed by atoms with E-state index in [0.717, 1.165) is 53.1 Å². The van der Waals surface area contributed by atoms with Crippen molar-refractivity contribution in [3.05, 3.63) is 70.0 Å². The number of benzene rings is 2. The van der Waals surface area contributed by atoms with Crippen LogP contribution in [0.25, 0.3) is 28.2 Å². The van der Waals surface area contributed by atoms with Crippen LogP contribution in [0.15, 0.2) is 48.8 Å². The smallest absolute Gasteiger partial charge is 0.248 e. The molecule has 0 unspecified atom stereocenters. The third-order valence-electron chi connectivity index (χ3n) is 5.96. The van der Waals surface area contributed by atoms with Gasteiger partial charge >= 0.3 is 0 Å². The molecule has 1 aliphatic carbocycles. The molecule has 6 nitrogen and oxygen atoms in total. The Balaban J connectivity index is 1.69. The lowest BCUT2D eigenvalue weighted by atomic mass is 9.98. The third kappa shape index (κ3) is 4.48. The molecule has 0 saturated heterocycles. The zero-order valence-corrected chi connectivity index (χ0v) is 20.5. The summed E-state index contributed by atoms with van der Waals surface area (Å²) in [5.41, 5.74) is 11.4. The van der Waals surface area contributed by atoms with Gasteiger partial charge in [-0.05, 0) is 60.6 Å². The highest BCUT2D eigenvalue weighted by atomic mass is 35.5. The van der Waals surface area contributed by atoms with Gasteiger partial charge in [-0.25, -0.2) is 9.97 Å². The molecule has 0 atom stereocenters. The average molecular weight is 494 g/mol. The van der Waals surface area contributed by atoms with Crippen LogP contribution < -0.4 is 11.1 Å². The number of carbonyl (C=O) groups excluding carboxylic acids is 1. The minimum atomic E-state index is -0.393. The molecule has 0 radical (unpaired) electrons. The van der Waals surface area contributed by atoms with Crippen molar-refractivity contribution in [3.63, 3.8) is 0 Å². The topological polar surface area (TPSA) is 85.3 Å². The van der Waals surface area contributed by atoms with Crippen molar-refractivity contribution in [2.75, 3.05) is 11.9 Å². The summed E-state index contributed by atoms with van der Waals surface area (Å²) in [6, 6.07) is 11.2. The fourth-order valence-corrected chi connectivity index (χ4v) is 4.67. The molecule has 1 amide bonds. The number of aromatic nitrogens is 3. The highest BCUT2D eigenvalue weighted by Gasteiger charge is 2.28. The quantitative estimate of drug-likeness (QED) is 0.311. The fraction of sp³-hybridized carbons (Fsp3) is 0.269. The molecular formula is C26H25Cl2N5O. The second kappa shape index (κ2) is 8.93. The van der Waals surface area contributed by atoms with Crippen molar-refractivity contribution in [1.29, 1.82) is 0 Å². The Labute approximate surface area is 208 Å². The maximum atomic E-state index is 12.0. The van der Waals surface area contributed by atoms with Crippen LogP contribution in [0.4, 0.5) is 5.82 Å². The van der Waals surface area contributed by atoms with Gasteiger partial charge in [-0.15, -0.1) is 0 Å². The second-order valence-corrected chi connectivity index (χ2v) is 10.1. The molecule has 4 aromatic rings. The minimum absolute atomic E-state index is 0.385. The Morgan fingerprint density at radius 2 is 1.88 bits per heavy atom. The van der Waals surface area contributed by atoms with E-state index in [1.165, 1.54) is 0 Å². The number of fused-ring (bicyclic) bond motifs is 1. The number of nitrogens with zero attached hydrogens (tertiary/aromatic N) is 3. The molecule has 2 aromatic heterocycles. The van der Waals surface area contributed by atoms with E-state index in [-0.39, 0.29) is 0 Å². The van der Waals surface area contributed by atoms with E-state index in [2.05, 4.69) is 30.2 Å². The Morgan fingerprint density at radius 3 is 2.53 bits per heavy atom. The number of rotatable bonds is 7. The van der Waals surface area contributed by atoms with E-state index in [1.54, 1.807) is 6.07 Å². The zero-order valence-electron chi connectivity index (χ0n) is 19.0. The van der Waals surface area contributed by atoms with Gasteiger partial charge in [0.15, 0.2) is 11.5 Å². The molecule has 3 N–H and O–H groups in total. The molecule has 34 heavy (non-hydrogen) atoms. The van der Waals surface area contributed by atoms with Crippen LogP contribution in [0, 0.1) is 5.92 Å². The van der Waals surface area contributed by atoms with Crippen molar-refractivity contribution >= 4 is 40.6 Å². The molecule has 0 bridgehead atoms. The number of carbonyl (C=O) groups is 1. The minimum Gasteiger partial charge on any atom is -0.367 e. The van der Waals surface area contributed by atoms with Crippen LogP contribution in [0.5, 0.6) is 0 Å². The number of imidazole rings is 1. The summed E-state index contributed by atoms with van der Waals surface area (Å²) in [6.45, 7) is 5.03. The maximum Gasteiger partial charge on any atom is 0.248 e. The summed E-state index contributed by atoms with van der Waals surface area (Å²) in [6.07, 6.45) is 5.93. The second-order valence-electron chi connectivity index (χ2n) is 9.19. The van der Waals surface area contributed by atoms with Gasteiger partial charge in [-0.3, -0.25) is 9.20 Å². The van der Waals surface area contributed by atoms with Gasteiger partial charge in [0.1, 0.15) is 0 Å². The lowest BCUT2D eigenvalue weighted by Crippen LogP contribution is -2.13. The van der Waals surface area contributed by atoms with E-state index in [9.17, 15) is 4.79 Å². The van der Waals surface area contributed by atoms with E-state index in [1.807, 2.05) is 41.1 Å². The number of halogens is 2. The molecule has 0 aliphatic heterocycles. The summed E-state index contributed by atoms with van der Waals surface area (Å²) >= 11 is 12.6. The lowest BCUT2D eigenvalue weighted by molar-refractivity contribution is 0.0999. The Bertz CT molecular complexity index is 1390. The number of hydrogen-bond donors (Lipinski definition) is 2. The largest absolute Gasteiger partial charge is 0.367 e. The SMILES string of the molecule is CC(C)CNc1nc(-c2cc(Cl)cc(Cl)c2)cn2c(-c3ccc(C(N)=O)c(C4CC4)c3)cnc12. The lowest BCUT2D eigenvalue weighted by Gasteiger charge is -2.13. The molecule has 2 heterocycles. The van der Waals surface area contributed by atoms with Crippen LogP contribution >= 0.6 is 23.2 Å². The summed E-state index contributed by atoms with van der Waals surface area (Å²) in [5, 5.41) is 4.52. The first-order valence-corrected chi connectivity index (χ1v) is 12.1. The van der Waals surface area contributed by atoms with Crippen LogP contribution in [-0.2, 0) is 0 Å². The van der Waals surface area contributed by atoms with Crippen LogP contribution in [0.2, 0.25) is 10.0 Å². The number of hydrogen-bond acceptors (Lipinski definition) is 4. The zero-order chi connectivity index (χ0) is 24.0. The molecule has 0 spiro atoms. The Kier molecular flexibility index (Phi) is 5.96. The maximum absolute atomic E-state index is 12.0. The molecule has 1 aliphatic rings. The summed E-state index contributed by atoms with van der Waals surface area (Å²) in [7, 11) is 0. The highest BCUT2D eigenvalue weighted by molar-refractivity contribution is 6.35. The van der Waals surface area contributed by atoms with E-state index >= 15 is 0 Å². The van der Waals surface area contributed by atoms with Crippen molar-refractivity contribution in [2.45, 2.75) is 32.6 Å². The van der Waals surface area contributed by atoms with Crippen LogP contribution in [0.1, 0.15) is 48.5 Å². The Hall–Kier alpha value is -3.09. The number of anilines is 1. The fourth-order valence-electron chi connectivity index (χ4n) is 4.14. The third-order valence-corrected chi connectivity index (χ3v) is 6.39. The van der Waals surface area contributed by atoms with Gasteiger partial charge < -0.3 is 11.1 Å². The first-order chi connectivity index (χ1) is 16.3. The molecule has 2 aromatic carbocycles. The van der Waals surface area contributed by atoms with E-state index in [4.69, 9.17) is 33.9 Å². The molecule has 174 valence electrons. The normalized spacial score (nSPS) is 13.6. The predicted molar refractivity (Wildman–Crippen MR) is 138 cm³/mol. The summed E-state index contributed by atoms with van der Waals surface area (Å²) in [4.78, 5) is 21.5. The van der Waals surface area contributed by atoms with Gasteiger partial charge in [-0.1, -0.05) is 43.1 Å². The number of amides is 1. The van der Waals surface area contributed by atoms with Gasteiger partial charge in [-0.2, -0.15) is 0 Å². The molecule has 8 heteroatoms. The standard InChI is InChI=1S/C26H25Cl2N5O/c1-14(2)11-30-25-26-31-12-23(16-5-6-20(24(29)34)21(9-16)15-3-4-15)33(26)13-22(32-25)17-7-18(27)10-19(28)8-17/h5-10,12-15H,3-4,11H2,1-2H3,(H2,29,34)(H,30,32). The monoisotopic (exact) mass is 493 g/mol. The number of primary amides is 1. The molecule has 5 rings (SSSR count). The van der Waals surface area contributed by atoms with Crippen molar-refractivity contribution in [2.24, 2.45) is 11.7 Å². The molecule has 1 saturated carbocycles.